The van der Waals surface area contributed by atoms with Crippen LogP contribution in [-0.4, -0.2) is 16.1 Å². The van der Waals surface area contributed by atoms with Crippen molar-refractivity contribution in [2.45, 2.75) is 70.0 Å². The van der Waals surface area contributed by atoms with E-state index in [4.69, 9.17) is 0 Å². The van der Waals surface area contributed by atoms with Gasteiger partial charge in [0.1, 0.15) is 0 Å². The molecule has 0 unspecified atom stereocenters. The van der Waals surface area contributed by atoms with E-state index in [1.54, 1.807) is 16.5 Å². The minimum absolute atomic E-state index is 0.924. The largest absolute Gasteiger partial charge is 0.153 e. The SMILES string of the molecule is C[Si](C)(C)c1sccc1[C@@H]1[C@H]2CC[C@H](C2)[C@@H]1[Si](C)(C)C. The Balaban J connectivity index is 2.03. The van der Waals surface area contributed by atoms with Crippen LogP contribution < -0.4 is 4.50 Å². The molecule has 3 rings (SSSR count). The molecule has 1 heterocycles. The molecular formula is C17H30SSi2. The van der Waals surface area contributed by atoms with Crippen molar-refractivity contribution in [2.75, 3.05) is 0 Å². The lowest BCUT2D eigenvalue weighted by Crippen LogP contribution is -2.42. The fraction of sp³-hybridized carbons (Fsp3) is 0.765. The molecule has 0 amide bonds. The first-order chi connectivity index (χ1) is 9.19. The summed E-state index contributed by atoms with van der Waals surface area (Å²) in [7, 11) is -2.23. The molecule has 20 heavy (non-hydrogen) atoms. The van der Waals surface area contributed by atoms with Gasteiger partial charge in [-0.15, -0.1) is 0 Å². The zero-order valence-electron chi connectivity index (χ0n) is 14.0. The van der Waals surface area contributed by atoms with Crippen LogP contribution in [0.2, 0.25) is 44.8 Å². The van der Waals surface area contributed by atoms with Gasteiger partial charge in [-0.25, -0.2) is 0 Å². The van der Waals surface area contributed by atoms with Crippen LogP contribution >= 0.6 is 11.3 Å². The van der Waals surface area contributed by atoms with Gasteiger partial charge < -0.3 is 0 Å². The average Bonchev–Trinajstić information content (AvgIpc) is 3.00. The summed E-state index contributed by atoms with van der Waals surface area (Å²) < 4.78 is 1.80. The molecule has 112 valence electrons. The topological polar surface area (TPSA) is 0 Å². The minimum atomic E-state index is -1.18. The highest BCUT2D eigenvalue weighted by atomic mass is 32.1. The van der Waals surface area contributed by atoms with Crippen LogP contribution in [0.15, 0.2) is 11.4 Å². The quantitative estimate of drug-likeness (QED) is 0.643. The van der Waals surface area contributed by atoms with Crippen LogP contribution in [0.4, 0.5) is 0 Å². The van der Waals surface area contributed by atoms with Crippen LogP contribution in [-0.2, 0) is 0 Å². The summed E-state index contributed by atoms with van der Waals surface area (Å²) in [6.45, 7) is 15.4. The van der Waals surface area contributed by atoms with E-state index in [0.717, 1.165) is 23.3 Å². The second-order valence-electron chi connectivity index (χ2n) is 9.21. The molecular weight excluding hydrogens is 292 g/mol. The Bertz CT molecular complexity index is 492. The van der Waals surface area contributed by atoms with Crippen LogP contribution in [0.5, 0.6) is 0 Å². The van der Waals surface area contributed by atoms with Crippen LogP contribution in [0.25, 0.3) is 0 Å². The molecule has 4 atom stereocenters. The molecule has 2 fully saturated rings. The Hall–Kier alpha value is 0.134. The first-order valence-corrected chi connectivity index (χ1v) is 16.2. The van der Waals surface area contributed by atoms with Gasteiger partial charge in [0.05, 0.1) is 8.07 Å². The van der Waals surface area contributed by atoms with Gasteiger partial charge in [0, 0.05) is 8.07 Å². The molecule has 0 nitrogen and oxygen atoms in total. The fourth-order valence-electron chi connectivity index (χ4n) is 5.18. The summed E-state index contributed by atoms with van der Waals surface area (Å²) in [4.78, 5) is 0. The highest BCUT2D eigenvalue weighted by Crippen LogP contribution is 2.62. The zero-order chi connectivity index (χ0) is 14.7. The fourth-order valence-corrected chi connectivity index (χ4v) is 11.8. The molecule has 1 aromatic heterocycles. The smallest absolute Gasteiger partial charge is 0.0907 e. The Morgan fingerprint density at radius 3 is 2.25 bits per heavy atom. The summed E-state index contributed by atoms with van der Waals surface area (Å²) in [5.41, 5.74) is 2.85. The molecule has 2 saturated carbocycles. The average molecular weight is 323 g/mol. The molecule has 0 spiro atoms. The van der Waals surface area contributed by atoms with Crippen molar-refractivity contribution >= 4 is 32.0 Å². The van der Waals surface area contributed by atoms with Gasteiger partial charge in [0.25, 0.3) is 0 Å². The van der Waals surface area contributed by atoms with Gasteiger partial charge in [-0.3, -0.25) is 0 Å². The summed E-state index contributed by atoms with van der Waals surface area (Å²) in [5.74, 6) is 3.00. The van der Waals surface area contributed by atoms with Gasteiger partial charge in [0.2, 0.25) is 0 Å². The highest BCUT2D eigenvalue weighted by molar-refractivity contribution is 7.25. The Kier molecular flexibility index (Phi) is 3.63. The van der Waals surface area contributed by atoms with Crippen LogP contribution in [0.1, 0.15) is 30.7 Å². The predicted molar refractivity (Wildman–Crippen MR) is 98.0 cm³/mol. The summed E-state index contributed by atoms with van der Waals surface area (Å²) in [5, 5.41) is 2.39. The van der Waals surface area contributed by atoms with E-state index in [1.165, 1.54) is 12.8 Å². The third-order valence-electron chi connectivity index (χ3n) is 5.65. The lowest BCUT2D eigenvalue weighted by molar-refractivity contribution is 0.412. The number of hydrogen-bond donors (Lipinski definition) is 0. The standard InChI is InChI=1S/C17H30SSi2/c1-19(2,3)16-13-8-7-12(11-13)15(16)14-9-10-18-17(14)20(4,5)6/h9-10,12-13,15-16H,7-8,11H2,1-6H3/t12-,13+,15-,16-/m0/s1. The van der Waals surface area contributed by atoms with Gasteiger partial charge in [-0.1, -0.05) is 45.7 Å². The van der Waals surface area contributed by atoms with Gasteiger partial charge in [-0.2, -0.15) is 11.3 Å². The van der Waals surface area contributed by atoms with Crippen molar-refractivity contribution in [3.8, 4) is 0 Å². The molecule has 3 heteroatoms. The number of thiophene rings is 1. The van der Waals surface area contributed by atoms with Crippen molar-refractivity contribution < 1.29 is 0 Å². The van der Waals surface area contributed by atoms with E-state index in [0.29, 0.717) is 0 Å². The Morgan fingerprint density at radius 1 is 1.00 bits per heavy atom. The molecule has 0 aliphatic heterocycles. The first kappa shape index (κ1) is 15.0. The lowest BCUT2D eigenvalue weighted by atomic mass is 9.84. The van der Waals surface area contributed by atoms with Crippen LogP contribution in [0.3, 0.4) is 0 Å². The van der Waals surface area contributed by atoms with Gasteiger partial charge in [-0.05, 0) is 57.6 Å². The van der Waals surface area contributed by atoms with Crippen molar-refractivity contribution in [1.29, 1.82) is 0 Å². The predicted octanol–water partition coefficient (Wildman–Crippen LogP) is 5.52. The van der Waals surface area contributed by atoms with E-state index in [9.17, 15) is 0 Å². The summed E-state index contributed by atoms with van der Waals surface area (Å²) >= 11 is 2.06. The first-order valence-electron chi connectivity index (χ1n) is 8.27. The maximum atomic E-state index is 2.62. The number of hydrogen-bond acceptors (Lipinski definition) is 1. The van der Waals surface area contributed by atoms with Crippen LogP contribution in [0, 0.1) is 11.8 Å². The summed E-state index contributed by atoms with van der Waals surface area (Å²) in [6.07, 6.45) is 4.58. The maximum Gasteiger partial charge on any atom is 0.0907 e. The molecule has 2 aliphatic carbocycles. The van der Waals surface area contributed by atoms with E-state index in [-0.39, 0.29) is 0 Å². The van der Waals surface area contributed by atoms with Crippen molar-refractivity contribution in [1.82, 2.24) is 0 Å². The second kappa shape index (κ2) is 4.82. The van der Waals surface area contributed by atoms with E-state index in [2.05, 4.69) is 62.1 Å². The van der Waals surface area contributed by atoms with Crippen molar-refractivity contribution in [2.24, 2.45) is 11.8 Å². The third kappa shape index (κ3) is 2.40. The number of rotatable bonds is 3. The zero-order valence-corrected chi connectivity index (χ0v) is 16.8. The normalized spacial score (nSPS) is 33.9. The highest BCUT2D eigenvalue weighted by Gasteiger charge is 2.53. The van der Waals surface area contributed by atoms with E-state index < -0.39 is 16.1 Å². The molecule has 0 saturated heterocycles. The Morgan fingerprint density at radius 2 is 1.65 bits per heavy atom. The molecule has 0 aromatic carbocycles. The Labute approximate surface area is 131 Å². The van der Waals surface area contributed by atoms with Crippen molar-refractivity contribution in [3.05, 3.63) is 17.0 Å². The monoisotopic (exact) mass is 322 g/mol. The van der Waals surface area contributed by atoms with Gasteiger partial charge in [0.15, 0.2) is 0 Å². The molecule has 0 radical (unpaired) electrons. The third-order valence-corrected chi connectivity index (χ3v) is 13.1. The molecule has 2 aliphatic rings. The summed E-state index contributed by atoms with van der Waals surface area (Å²) in [6, 6.07) is 2.51. The number of fused-ring (bicyclic) bond motifs is 2. The minimum Gasteiger partial charge on any atom is -0.153 e. The molecule has 2 bridgehead atoms. The van der Waals surface area contributed by atoms with Crippen molar-refractivity contribution in [3.63, 3.8) is 0 Å². The maximum absolute atomic E-state index is 2.62. The van der Waals surface area contributed by atoms with E-state index >= 15 is 0 Å². The molecule has 0 N–H and O–H groups in total. The molecule has 1 aromatic rings. The lowest BCUT2D eigenvalue weighted by Gasteiger charge is -2.40. The second-order valence-corrected chi connectivity index (χ2v) is 20.9. The van der Waals surface area contributed by atoms with E-state index in [1.807, 2.05) is 0 Å². The van der Waals surface area contributed by atoms with Gasteiger partial charge >= 0.3 is 0 Å².